The van der Waals surface area contributed by atoms with E-state index in [0.717, 1.165) is 39.0 Å². The van der Waals surface area contributed by atoms with Crippen LogP contribution in [0.15, 0.2) is 0 Å². The Balaban J connectivity index is 2.48. The minimum Gasteiger partial charge on any atom is -0.341 e. The predicted molar refractivity (Wildman–Crippen MR) is 61.6 cm³/mol. The number of rotatable bonds is 5. The molecule has 0 aromatic rings. The first-order valence-electron chi connectivity index (χ1n) is 5.93. The van der Waals surface area contributed by atoms with Crippen LogP contribution in [0.4, 0.5) is 0 Å². The van der Waals surface area contributed by atoms with Crippen molar-refractivity contribution in [2.24, 2.45) is 5.73 Å². The van der Waals surface area contributed by atoms with Crippen LogP contribution < -0.4 is 5.73 Å². The Morgan fingerprint density at radius 1 is 1.47 bits per heavy atom. The van der Waals surface area contributed by atoms with Crippen molar-refractivity contribution in [3.8, 4) is 0 Å². The van der Waals surface area contributed by atoms with Crippen molar-refractivity contribution in [3.05, 3.63) is 0 Å². The van der Waals surface area contributed by atoms with E-state index in [1.54, 1.807) is 0 Å². The normalized spacial score (nSPS) is 18.5. The Labute approximate surface area is 92.4 Å². The molecule has 1 aliphatic rings. The maximum absolute atomic E-state index is 12.1. The van der Waals surface area contributed by atoms with E-state index < -0.39 is 0 Å². The van der Waals surface area contributed by atoms with Crippen LogP contribution in [-0.2, 0) is 4.79 Å². The lowest BCUT2D eigenvalue weighted by Crippen LogP contribution is -2.47. The Morgan fingerprint density at radius 3 is 2.53 bits per heavy atom. The summed E-state index contributed by atoms with van der Waals surface area (Å²) in [5.74, 6) is 0.266. The lowest BCUT2D eigenvalue weighted by Gasteiger charge is -2.29. The van der Waals surface area contributed by atoms with Crippen LogP contribution in [0.3, 0.4) is 0 Å². The third-order valence-electron chi connectivity index (χ3n) is 3.15. The molecule has 15 heavy (non-hydrogen) atoms. The van der Waals surface area contributed by atoms with Gasteiger partial charge in [-0.05, 0) is 26.3 Å². The highest BCUT2D eigenvalue weighted by Gasteiger charge is 2.26. The second-order valence-electron chi connectivity index (χ2n) is 4.13. The highest BCUT2D eigenvalue weighted by atomic mass is 16.2. The molecule has 1 saturated heterocycles. The zero-order chi connectivity index (χ0) is 11.3. The van der Waals surface area contributed by atoms with Gasteiger partial charge in [-0.2, -0.15) is 0 Å². The topological polar surface area (TPSA) is 49.6 Å². The molecule has 1 heterocycles. The molecule has 4 heteroatoms. The second kappa shape index (κ2) is 6.08. The van der Waals surface area contributed by atoms with Gasteiger partial charge in [0.25, 0.3) is 0 Å². The molecule has 0 spiro atoms. The molecule has 0 saturated carbocycles. The maximum atomic E-state index is 12.1. The number of carbonyl (C=O) groups is 1. The lowest BCUT2D eigenvalue weighted by molar-refractivity contribution is -0.135. The summed E-state index contributed by atoms with van der Waals surface area (Å²) in [6.45, 7) is 8.23. The van der Waals surface area contributed by atoms with Gasteiger partial charge in [0.15, 0.2) is 0 Å². The second-order valence-corrected chi connectivity index (χ2v) is 4.13. The zero-order valence-corrected chi connectivity index (χ0v) is 9.91. The van der Waals surface area contributed by atoms with Crippen LogP contribution >= 0.6 is 0 Å². The first-order valence-corrected chi connectivity index (χ1v) is 5.93. The molecule has 1 aliphatic heterocycles. The first kappa shape index (κ1) is 12.5. The molecule has 0 bridgehead atoms. The molecule has 88 valence electrons. The predicted octanol–water partition coefficient (Wildman–Crippen LogP) is 0.278. The molecular weight excluding hydrogens is 190 g/mol. The molecule has 0 aromatic heterocycles. The molecular formula is C11H23N3O. The van der Waals surface area contributed by atoms with E-state index in [2.05, 4.69) is 11.8 Å². The molecule has 2 N–H and O–H groups in total. The van der Waals surface area contributed by atoms with Gasteiger partial charge in [-0.15, -0.1) is 0 Å². The Bertz CT molecular complexity index is 202. The molecule has 1 unspecified atom stereocenters. The molecule has 0 aromatic carbocycles. The quantitative estimate of drug-likeness (QED) is 0.713. The Kier molecular flexibility index (Phi) is 5.05. The van der Waals surface area contributed by atoms with E-state index >= 15 is 0 Å². The first-order chi connectivity index (χ1) is 7.20. The lowest BCUT2D eigenvalue weighted by atomic mass is 10.2. The van der Waals surface area contributed by atoms with E-state index in [-0.39, 0.29) is 11.9 Å². The van der Waals surface area contributed by atoms with Gasteiger partial charge in [0.05, 0.1) is 6.04 Å². The number of carbonyl (C=O) groups excluding carboxylic acids is 1. The average molecular weight is 213 g/mol. The summed E-state index contributed by atoms with van der Waals surface area (Å²) < 4.78 is 0. The summed E-state index contributed by atoms with van der Waals surface area (Å²) in [7, 11) is 0. The van der Waals surface area contributed by atoms with Crippen LogP contribution in [0.25, 0.3) is 0 Å². The van der Waals surface area contributed by atoms with Crippen LogP contribution in [0.1, 0.15) is 26.7 Å². The van der Waals surface area contributed by atoms with Gasteiger partial charge >= 0.3 is 0 Å². The summed E-state index contributed by atoms with van der Waals surface area (Å²) >= 11 is 0. The summed E-state index contributed by atoms with van der Waals surface area (Å²) in [5.41, 5.74) is 5.53. The molecule has 1 atom stereocenters. The molecule has 1 fully saturated rings. The monoisotopic (exact) mass is 213 g/mol. The fourth-order valence-electron chi connectivity index (χ4n) is 2.15. The number of nitrogens with zero attached hydrogens (tertiary/aromatic N) is 2. The van der Waals surface area contributed by atoms with Gasteiger partial charge in [-0.3, -0.25) is 9.69 Å². The highest BCUT2D eigenvalue weighted by Crippen LogP contribution is 2.11. The molecule has 4 nitrogen and oxygen atoms in total. The summed E-state index contributed by atoms with van der Waals surface area (Å²) in [6, 6.07) is -0.0170. The van der Waals surface area contributed by atoms with Gasteiger partial charge in [-0.25, -0.2) is 0 Å². The van der Waals surface area contributed by atoms with Crippen LogP contribution in [0, 0.1) is 0 Å². The van der Waals surface area contributed by atoms with Gasteiger partial charge in [0, 0.05) is 26.2 Å². The summed E-state index contributed by atoms with van der Waals surface area (Å²) in [4.78, 5) is 16.2. The Hall–Kier alpha value is -0.610. The fraction of sp³-hybridized carbons (Fsp3) is 0.909. The summed E-state index contributed by atoms with van der Waals surface area (Å²) in [6.07, 6.45) is 2.31. The largest absolute Gasteiger partial charge is 0.341 e. The minimum atomic E-state index is -0.0170. The van der Waals surface area contributed by atoms with Crippen LogP contribution in [0.2, 0.25) is 0 Å². The number of likely N-dealkylation sites (N-methyl/N-ethyl adjacent to an activating group) is 1. The molecule has 0 radical (unpaired) electrons. The van der Waals surface area contributed by atoms with Crippen molar-refractivity contribution in [1.29, 1.82) is 0 Å². The average Bonchev–Trinajstić information content (AvgIpc) is 2.77. The third-order valence-corrected chi connectivity index (χ3v) is 3.15. The number of hydrogen-bond donors (Lipinski definition) is 1. The third kappa shape index (κ3) is 3.18. The minimum absolute atomic E-state index is 0.0170. The van der Waals surface area contributed by atoms with Crippen LogP contribution in [-0.4, -0.2) is 54.5 Å². The van der Waals surface area contributed by atoms with Crippen molar-refractivity contribution in [2.75, 3.05) is 32.7 Å². The van der Waals surface area contributed by atoms with Gasteiger partial charge < -0.3 is 10.6 Å². The van der Waals surface area contributed by atoms with Gasteiger partial charge in [0.2, 0.25) is 5.91 Å². The number of amides is 1. The van der Waals surface area contributed by atoms with E-state index in [9.17, 15) is 4.79 Å². The smallest absolute Gasteiger partial charge is 0.239 e. The molecule has 1 amide bonds. The van der Waals surface area contributed by atoms with E-state index in [0.29, 0.717) is 6.54 Å². The van der Waals surface area contributed by atoms with Gasteiger partial charge in [0.1, 0.15) is 0 Å². The number of likely N-dealkylation sites (tertiary alicyclic amines) is 1. The van der Waals surface area contributed by atoms with Crippen molar-refractivity contribution < 1.29 is 4.79 Å². The van der Waals surface area contributed by atoms with Crippen molar-refractivity contribution in [2.45, 2.75) is 32.7 Å². The molecule has 1 rings (SSSR count). The van der Waals surface area contributed by atoms with Gasteiger partial charge in [-0.1, -0.05) is 6.92 Å². The van der Waals surface area contributed by atoms with Crippen molar-refractivity contribution in [1.82, 2.24) is 9.80 Å². The number of nitrogens with two attached hydrogens (primary N) is 1. The van der Waals surface area contributed by atoms with Crippen molar-refractivity contribution in [3.63, 3.8) is 0 Å². The highest BCUT2D eigenvalue weighted by molar-refractivity contribution is 5.81. The zero-order valence-electron chi connectivity index (χ0n) is 9.91. The Morgan fingerprint density at radius 2 is 2.07 bits per heavy atom. The van der Waals surface area contributed by atoms with Crippen molar-refractivity contribution >= 4 is 5.91 Å². The fourth-order valence-corrected chi connectivity index (χ4v) is 2.15. The standard InChI is InChI=1S/C11H23N3O/c1-3-13(9-6-12)10(2)11(15)14-7-4-5-8-14/h10H,3-9,12H2,1-2H3. The maximum Gasteiger partial charge on any atom is 0.239 e. The van der Waals surface area contributed by atoms with E-state index in [4.69, 9.17) is 5.73 Å². The van der Waals surface area contributed by atoms with E-state index in [1.807, 2.05) is 11.8 Å². The summed E-state index contributed by atoms with van der Waals surface area (Å²) in [5, 5.41) is 0. The molecule has 0 aliphatic carbocycles. The van der Waals surface area contributed by atoms with E-state index in [1.165, 1.54) is 0 Å². The number of hydrogen-bond acceptors (Lipinski definition) is 3. The van der Waals surface area contributed by atoms with Crippen LogP contribution in [0.5, 0.6) is 0 Å². The SMILES string of the molecule is CCN(CCN)C(C)C(=O)N1CCCC1.